The van der Waals surface area contributed by atoms with Gasteiger partial charge < -0.3 is 10.2 Å². The van der Waals surface area contributed by atoms with Gasteiger partial charge in [0.25, 0.3) is 0 Å². The first-order valence-electron chi connectivity index (χ1n) is 5.97. The third kappa shape index (κ3) is 3.06. The fraction of sp³-hybridized carbons (Fsp3) is 0. The highest BCUT2D eigenvalue weighted by Crippen LogP contribution is 2.38. The van der Waals surface area contributed by atoms with E-state index in [0.717, 1.165) is 6.07 Å². The Morgan fingerprint density at radius 2 is 1.76 bits per heavy atom. The van der Waals surface area contributed by atoms with Gasteiger partial charge in [0.15, 0.2) is 11.5 Å². The second-order valence-corrected chi connectivity index (χ2v) is 4.19. The third-order valence-electron chi connectivity index (χ3n) is 2.82. The van der Waals surface area contributed by atoms with Crippen molar-refractivity contribution in [3.8, 4) is 11.5 Å². The molecule has 0 saturated carbocycles. The maximum absolute atomic E-state index is 11.9. The summed E-state index contributed by atoms with van der Waals surface area (Å²) in [6.07, 6.45) is 2.40. The van der Waals surface area contributed by atoms with Crippen molar-refractivity contribution in [3.63, 3.8) is 0 Å². The number of ketones is 1. The molecule has 106 valence electrons. The third-order valence-corrected chi connectivity index (χ3v) is 2.82. The number of benzene rings is 2. The van der Waals surface area contributed by atoms with Crippen molar-refractivity contribution in [2.45, 2.75) is 0 Å². The molecule has 2 N–H and O–H groups in total. The molecule has 0 bridgehead atoms. The molecule has 0 unspecified atom stereocenters. The van der Waals surface area contributed by atoms with Crippen LogP contribution in [0.2, 0.25) is 0 Å². The van der Waals surface area contributed by atoms with Crippen LogP contribution in [0.5, 0.6) is 11.5 Å². The van der Waals surface area contributed by atoms with Gasteiger partial charge in [0.1, 0.15) is 0 Å². The number of allylic oxidation sites excluding steroid dienone is 1. The van der Waals surface area contributed by atoms with E-state index < -0.39 is 22.1 Å². The lowest BCUT2D eigenvalue weighted by molar-refractivity contribution is -0.386. The first-order valence-corrected chi connectivity index (χ1v) is 5.97. The van der Waals surface area contributed by atoms with Crippen LogP contribution in [-0.4, -0.2) is 20.9 Å². The number of nitro groups is 1. The number of aromatic hydroxyl groups is 2. The number of phenolic OH excluding ortho intramolecular Hbond substituents is 2. The van der Waals surface area contributed by atoms with Crippen LogP contribution in [0.15, 0.2) is 48.5 Å². The van der Waals surface area contributed by atoms with E-state index in [9.17, 15) is 25.1 Å². The molecule has 0 aliphatic rings. The summed E-state index contributed by atoms with van der Waals surface area (Å²) in [7, 11) is 0. The zero-order chi connectivity index (χ0) is 15.4. The van der Waals surface area contributed by atoms with Crippen LogP contribution in [0.25, 0.3) is 6.08 Å². The van der Waals surface area contributed by atoms with Gasteiger partial charge in [-0.1, -0.05) is 30.3 Å². The predicted octanol–water partition coefficient (Wildman–Crippen LogP) is 2.90. The molecule has 0 amide bonds. The fourth-order valence-corrected chi connectivity index (χ4v) is 1.78. The highest BCUT2D eigenvalue weighted by molar-refractivity contribution is 6.07. The van der Waals surface area contributed by atoms with Crippen molar-refractivity contribution in [2.24, 2.45) is 0 Å². The number of nitrogens with zero attached hydrogens (tertiary/aromatic N) is 1. The van der Waals surface area contributed by atoms with Crippen molar-refractivity contribution >= 4 is 17.5 Å². The van der Waals surface area contributed by atoms with Crippen molar-refractivity contribution in [1.82, 2.24) is 0 Å². The lowest BCUT2D eigenvalue weighted by atomic mass is 10.1. The second kappa shape index (κ2) is 5.87. The molecule has 0 saturated heterocycles. The molecule has 0 spiro atoms. The summed E-state index contributed by atoms with van der Waals surface area (Å²) < 4.78 is 0. The highest BCUT2D eigenvalue weighted by atomic mass is 16.6. The molecule has 0 atom stereocenters. The van der Waals surface area contributed by atoms with E-state index in [1.807, 2.05) is 0 Å². The molecule has 2 rings (SSSR count). The first-order chi connectivity index (χ1) is 10.0. The van der Waals surface area contributed by atoms with Crippen LogP contribution in [0.4, 0.5) is 5.69 Å². The van der Waals surface area contributed by atoms with Gasteiger partial charge in [-0.2, -0.15) is 0 Å². The minimum Gasteiger partial charge on any atom is -0.504 e. The van der Waals surface area contributed by atoms with Gasteiger partial charge >= 0.3 is 5.69 Å². The predicted molar refractivity (Wildman–Crippen MR) is 76.2 cm³/mol. The molecular weight excluding hydrogens is 274 g/mol. The molecule has 0 radical (unpaired) electrons. The molecule has 0 aromatic heterocycles. The Bertz CT molecular complexity index is 722. The van der Waals surface area contributed by atoms with E-state index in [2.05, 4.69) is 0 Å². The molecule has 0 heterocycles. The Hall–Kier alpha value is -3.15. The van der Waals surface area contributed by atoms with E-state index >= 15 is 0 Å². The largest absolute Gasteiger partial charge is 0.504 e. The van der Waals surface area contributed by atoms with Crippen molar-refractivity contribution in [3.05, 3.63) is 69.8 Å². The molecular formula is C15H11NO5. The number of phenols is 2. The van der Waals surface area contributed by atoms with Crippen LogP contribution in [-0.2, 0) is 0 Å². The lowest BCUT2D eigenvalue weighted by Crippen LogP contribution is -1.95. The summed E-state index contributed by atoms with van der Waals surface area (Å²) in [5.74, 6) is -1.74. The van der Waals surface area contributed by atoms with Crippen molar-refractivity contribution in [2.75, 3.05) is 0 Å². The Morgan fingerprint density at radius 1 is 1.10 bits per heavy atom. The van der Waals surface area contributed by atoms with Gasteiger partial charge in [0, 0.05) is 5.56 Å². The van der Waals surface area contributed by atoms with Crippen LogP contribution in [0, 0.1) is 10.1 Å². The van der Waals surface area contributed by atoms with Gasteiger partial charge in [0.05, 0.1) is 10.5 Å². The first kappa shape index (κ1) is 14.3. The smallest absolute Gasteiger partial charge is 0.321 e. The summed E-state index contributed by atoms with van der Waals surface area (Å²) in [6, 6.07) is 10.8. The molecule has 0 aliphatic heterocycles. The molecule has 6 heteroatoms. The Balaban J connectivity index is 2.36. The van der Waals surface area contributed by atoms with Gasteiger partial charge in [-0.15, -0.1) is 0 Å². The van der Waals surface area contributed by atoms with Crippen LogP contribution < -0.4 is 0 Å². The molecule has 2 aromatic rings. The van der Waals surface area contributed by atoms with Gasteiger partial charge in [0.2, 0.25) is 5.75 Å². The van der Waals surface area contributed by atoms with E-state index in [1.165, 1.54) is 18.2 Å². The summed E-state index contributed by atoms with van der Waals surface area (Å²) >= 11 is 0. The Labute approximate surface area is 119 Å². The minimum absolute atomic E-state index is 0.0274. The topological polar surface area (TPSA) is 101 Å². The zero-order valence-corrected chi connectivity index (χ0v) is 10.8. The summed E-state index contributed by atoms with van der Waals surface area (Å²) in [4.78, 5) is 22.0. The number of carbonyl (C=O) groups excluding carboxylic acids is 1. The van der Waals surface area contributed by atoms with Crippen LogP contribution in [0.1, 0.15) is 15.9 Å². The monoisotopic (exact) mass is 285 g/mol. The van der Waals surface area contributed by atoms with E-state index in [0.29, 0.717) is 5.56 Å². The molecule has 6 nitrogen and oxygen atoms in total. The number of hydrogen-bond acceptors (Lipinski definition) is 5. The fourth-order valence-electron chi connectivity index (χ4n) is 1.78. The normalized spacial score (nSPS) is 10.7. The van der Waals surface area contributed by atoms with E-state index in [1.54, 1.807) is 30.3 Å². The second-order valence-electron chi connectivity index (χ2n) is 4.19. The van der Waals surface area contributed by atoms with Crippen LogP contribution >= 0.6 is 0 Å². The number of rotatable bonds is 4. The minimum atomic E-state index is -0.825. The Morgan fingerprint density at radius 3 is 2.38 bits per heavy atom. The number of hydrogen-bond donors (Lipinski definition) is 2. The molecule has 0 fully saturated rings. The molecule has 2 aromatic carbocycles. The van der Waals surface area contributed by atoms with Crippen molar-refractivity contribution < 1.29 is 19.9 Å². The van der Waals surface area contributed by atoms with Gasteiger partial charge in [-0.05, 0) is 24.3 Å². The quantitative estimate of drug-likeness (QED) is 0.296. The summed E-state index contributed by atoms with van der Waals surface area (Å²) in [5.41, 5.74) is -0.175. The van der Waals surface area contributed by atoms with Gasteiger partial charge in [-0.25, -0.2) is 0 Å². The Kier molecular flexibility index (Phi) is 3.99. The SMILES string of the molecule is O=C(C=Cc1ccc(O)c(O)c1[N+](=O)[O-])c1ccccc1. The number of carbonyl (C=O) groups is 1. The van der Waals surface area contributed by atoms with Crippen molar-refractivity contribution in [1.29, 1.82) is 0 Å². The van der Waals surface area contributed by atoms with Crippen LogP contribution in [0.3, 0.4) is 0 Å². The summed E-state index contributed by atoms with van der Waals surface area (Å²) in [5, 5.41) is 29.7. The zero-order valence-electron chi connectivity index (χ0n) is 10.8. The maximum Gasteiger partial charge on any atom is 0.321 e. The average Bonchev–Trinajstić information content (AvgIpc) is 2.48. The molecule has 0 aliphatic carbocycles. The highest BCUT2D eigenvalue weighted by Gasteiger charge is 2.21. The average molecular weight is 285 g/mol. The van der Waals surface area contributed by atoms with Gasteiger partial charge in [-0.3, -0.25) is 14.9 Å². The lowest BCUT2D eigenvalue weighted by Gasteiger charge is -2.02. The van der Waals surface area contributed by atoms with E-state index in [-0.39, 0.29) is 11.3 Å². The number of nitro benzene ring substituents is 1. The maximum atomic E-state index is 11.9. The molecule has 21 heavy (non-hydrogen) atoms. The van der Waals surface area contributed by atoms with E-state index in [4.69, 9.17) is 0 Å². The summed E-state index contributed by atoms with van der Waals surface area (Å²) in [6.45, 7) is 0. The standard InChI is InChI=1S/C15H11NO5/c17-12(10-4-2-1-3-5-10)8-6-11-7-9-13(18)15(19)14(11)16(20)21/h1-9,18-19H.